The number of rotatable bonds is 5. The zero-order valence-corrected chi connectivity index (χ0v) is 13.2. The summed E-state index contributed by atoms with van der Waals surface area (Å²) in [5, 5.41) is 0. The quantitative estimate of drug-likeness (QED) is 0.732. The Labute approximate surface area is 124 Å². The van der Waals surface area contributed by atoms with Crippen molar-refractivity contribution in [1.29, 1.82) is 0 Å². The number of nitrogen functional groups attached to an aromatic ring is 1. The fourth-order valence-electron chi connectivity index (χ4n) is 2.24. The van der Waals surface area contributed by atoms with Crippen LogP contribution in [0.15, 0.2) is 23.1 Å². The number of anilines is 1. The monoisotopic (exact) mass is 334 g/mol. The molecule has 1 saturated heterocycles. The van der Waals surface area contributed by atoms with Crippen LogP contribution in [0.2, 0.25) is 0 Å². The third-order valence-corrected chi connectivity index (χ3v) is 6.67. The summed E-state index contributed by atoms with van der Waals surface area (Å²) in [6, 6.07) is 4.26. The molecule has 0 spiro atoms. The first-order valence-electron chi connectivity index (χ1n) is 6.37. The van der Waals surface area contributed by atoms with E-state index >= 15 is 0 Å². The van der Waals surface area contributed by atoms with Crippen molar-refractivity contribution in [3.8, 4) is 5.75 Å². The average molecular weight is 334 g/mol. The van der Waals surface area contributed by atoms with Crippen molar-refractivity contribution in [2.24, 2.45) is 5.92 Å². The van der Waals surface area contributed by atoms with E-state index in [4.69, 9.17) is 10.5 Å². The lowest BCUT2D eigenvalue weighted by Gasteiger charge is -2.13. The number of benzene rings is 1. The molecule has 1 fully saturated rings. The van der Waals surface area contributed by atoms with Crippen LogP contribution in [0.3, 0.4) is 0 Å². The molecule has 21 heavy (non-hydrogen) atoms. The predicted octanol–water partition coefficient (Wildman–Crippen LogP) is -0.00960. The molecule has 1 aromatic rings. The van der Waals surface area contributed by atoms with Gasteiger partial charge in [0.15, 0.2) is 9.84 Å². The molecule has 118 valence electrons. The minimum absolute atomic E-state index is 0.0138. The van der Waals surface area contributed by atoms with Crippen molar-refractivity contribution in [1.82, 2.24) is 4.72 Å². The zero-order valence-electron chi connectivity index (χ0n) is 11.6. The highest BCUT2D eigenvalue weighted by Gasteiger charge is 2.29. The average Bonchev–Trinajstić information content (AvgIpc) is 2.76. The summed E-state index contributed by atoms with van der Waals surface area (Å²) in [7, 11) is -5.43. The van der Waals surface area contributed by atoms with E-state index in [1.807, 2.05) is 0 Å². The lowest BCUT2D eigenvalue weighted by atomic mass is 10.1. The minimum atomic E-state index is -3.77. The summed E-state index contributed by atoms with van der Waals surface area (Å²) in [6.07, 6.45) is 0.476. The molecule has 1 heterocycles. The van der Waals surface area contributed by atoms with Crippen LogP contribution >= 0.6 is 0 Å². The number of nitrogens with two attached hydrogens (primary N) is 1. The second-order valence-corrected chi connectivity index (χ2v) is 9.00. The second-order valence-electron chi connectivity index (χ2n) is 5.03. The number of sulfonamides is 1. The highest BCUT2D eigenvalue weighted by atomic mass is 32.2. The lowest BCUT2D eigenvalue weighted by Crippen LogP contribution is -2.30. The maximum atomic E-state index is 12.3. The van der Waals surface area contributed by atoms with Crippen LogP contribution in [0, 0.1) is 5.92 Å². The van der Waals surface area contributed by atoms with Gasteiger partial charge in [0.05, 0.1) is 18.6 Å². The maximum Gasteiger partial charge on any atom is 0.244 e. The molecule has 3 N–H and O–H groups in total. The SMILES string of the molecule is COc1cc(N)ccc1S(=O)(=O)NCC1CCS(=O)(=O)C1. The Balaban J connectivity index is 2.12. The molecule has 0 radical (unpaired) electrons. The molecule has 1 unspecified atom stereocenters. The smallest absolute Gasteiger partial charge is 0.244 e. The van der Waals surface area contributed by atoms with Crippen molar-refractivity contribution in [3.05, 3.63) is 18.2 Å². The third kappa shape index (κ3) is 3.86. The van der Waals surface area contributed by atoms with Crippen molar-refractivity contribution in [2.75, 3.05) is 30.9 Å². The van der Waals surface area contributed by atoms with Crippen LogP contribution in [0.1, 0.15) is 6.42 Å². The fraction of sp³-hybridized carbons (Fsp3) is 0.500. The molecule has 1 aromatic carbocycles. The van der Waals surface area contributed by atoms with Crippen LogP contribution in [-0.2, 0) is 19.9 Å². The molecule has 1 atom stereocenters. The largest absolute Gasteiger partial charge is 0.495 e. The van der Waals surface area contributed by atoms with Gasteiger partial charge in [0, 0.05) is 18.3 Å². The number of nitrogens with one attached hydrogen (secondary N) is 1. The van der Waals surface area contributed by atoms with Crippen molar-refractivity contribution >= 4 is 25.5 Å². The van der Waals surface area contributed by atoms with E-state index in [0.29, 0.717) is 12.1 Å². The summed E-state index contributed by atoms with van der Waals surface area (Å²) < 4.78 is 54.7. The van der Waals surface area contributed by atoms with Crippen LogP contribution < -0.4 is 15.2 Å². The number of sulfone groups is 1. The molecule has 9 heteroatoms. The van der Waals surface area contributed by atoms with Crippen molar-refractivity contribution < 1.29 is 21.6 Å². The van der Waals surface area contributed by atoms with Crippen LogP contribution in [0.4, 0.5) is 5.69 Å². The van der Waals surface area contributed by atoms with E-state index in [2.05, 4.69) is 4.72 Å². The Morgan fingerprint density at radius 3 is 2.71 bits per heavy atom. The zero-order chi connectivity index (χ0) is 15.7. The highest BCUT2D eigenvalue weighted by molar-refractivity contribution is 7.91. The summed E-state index contributed by atoms with van der Waals surface area (Å²) in [4.78, 5) is -0.0138. The van der Waals surface area contributed by atoms with Crippen LogP contribution in [-0.4, -0.2) is 42.0 Å². The normalized spacial score (nSPS) is 21.3. The lowest BCUT2D eigenvalue weighted by molar-refractivity contribution is 0.402. The molecular formula is C12H18N2O5S2. The number of methoxy groups -OCH3 is 1. The summed E-state index contributed by atoms with van der Waals surface area (Å²) in [5.41, 5.74) is 5.98. The second kappa shape index (κ2) is 5.82. The third-order valence-electron chi connectivity index (χ3n) is 3.37. The Morgan fingerprint density at radius 2 is 2.14 bits per heavy atom. The van der Waals surface area contributed by atoms with Gasteiger partial charge in [-0.1, -0.05) is 0 Å². The van der Waals surface area contributed by atoms with Crippen molar-refractivity contribution in [3.63, 3.8) is 0 Å². The van der Waals surface area contributed by atoms with Gasteiger partial charge < -0.3 is 10.5 Å². The number of hydrogen-bond donors (Lipinski definition) is 2. The van der Waals surface area contributed by atoms with Gasteiger partial charge in [0.2, 0.25) is 10.0 Å². The van der Waals surface area contributed by atoms with Gasteiger partial charge in [0.25, 0.3) is 0 Å². The van der Waals surface area contributed by atoms with Gasteiger partial charge >= 0.3 is 0 Å². The van der Waals surface area contributed by atoms with Gasteiger partial charge in [-0.05, 0) is 24.5 Å². The molecule has 0 aromatic heterocycles. The fourth-order valence-corrected chi connectivity index (χ4v) is 5.37. The van der Waals surface area contributed by atoms with Crippen LogP contribution in [0.5, 0.6) is 5.75 Å². The Kier molecular flexibility index (Phi) is 4.45. The van der Waals surface area contributed by atoms with Gasteiger partial charge in [-0.15, -0.1) is 0 Å². The molecule has 1 aliphatic rings. The molecule has 0 saturated carbocycles. The molecule has 2 rings (SSSR count). The number of ether oxygens (including phenoxy) is 1. The van der Waals surface area contributed by atoms with E-state index in [9.17, 15) is 16.8 Å². The summed E-state index contributed by atoms with van der Waals surface area (Å²) >= 11 is 0. The molecule has 0 bridgehead atoms. The van der Waals surface area contributed by atoms with Gasteiger partial charge in [-0.3, -0.25) is 0 Å². The van der Waals surface area contributed by atoms with E-state index < -0.39 is 19.9 Å². The Morgan fingerprint density at radius 1 is 1.43 bits per heavy atom. The molecule has 1 aliphatic heterocycles. The molecule has 0 amide bonds. The van der Waals surface area contributed by atoms with E-state index in [-0.39, 0.29) is 34.6 Å². The topological polar surface area (TPSA) is 116 Å². The van der Waals surface area contributed by atoms with Crippen molar-refractivity contribution in [2.45, 2.75) is 11.3 Å². The highest BCUT2D eigenvalue weighted by Crippen LogP contribution is 2.26. The van der Waals surface area contributed by atoms with Crippen LogP contribution in [0.25, 0.3) is 0 Å². The van der Waals surface area contributed by atoms with E-state index in [1.54, 1.807) is 0 Å². The first kappa shape index (κ1) is 16.1. The van der Waals surface area contributed by atoms with Gasteiger partial charge in [0.1, 0.15) is 10.6 Å². The summed E-state index contributed by atoms with van der Waals surface area (Å²) in [5.74, 6) is 0.102. The van der Waals surface area contributed by atoms with E-state index in [1.165, 1.54) is 25.3 Å². The van der Waals surface area contributed by atoms with E-state index in [0.717, 1.165) is 0 Å². The first-order valence-corrected chi connectivity index (χ1v) is 9.67. The summed E-state index contributed by atoms with van der Waals surface area (Å²) in [6.45, 7) is 0.0924. The maximum absolute atomic E-state index is 12.3. The minimum Gasteiger partial charge on any atom is -0.495 e. The first-order chi connectivity index (χ1) is 9.73. The Bertz CT molecular complexity index is 728. The predicted molar refractivity (Wildman–Crippen MR) is 79.4 cm³/mol. The van der Waals surface area contributed by atoms with Gasteiger partial charge in [-0.2, -0.15) is 0 Å². The molecular weight excluding hydrogens is 316 g/mol. The molecule has 0 aliphatic carbocycles. The molecule has 7 nitrogen and oxygen atoms in total. The standard InChI is InChI=1S/C12H18N2O5S2/c1-19-11-6-10(13)2-3-12(11)21(17,18)14-7-9-4-5-20(15,16)8-9/h2-3,6,9,14H,4-5,7-8,13H2,1H3. The number of hydrogen-bond acceptors (Lipinski definition) is 6. The Hall–Kier alpha value is -1.32. The van der Waals surface area contributed by atoms with Gasteiger partial charge in [-0.25, -0.2) is 21.6 Å².